The minimum absolute atomic E-state index is 0.306. The number of halogens is 14. The van der Waals surface area contributed by atoms with Gasteiger partial charge in [-0.3, -0.25) is 0 Å². The van der Waals surface area contributed by atoms with Crippen LogP contribution in [0.4, 0.5) is 8.78 Å². The number of rotatable bonds is 15. The Labute approximate surface area is 712 Å². The maximum atomic E-state index is 13.5. The summed E-state index contributed by atoms with van der Waals surface area (Å²) in [4.78, 5) is 48.0. The van der Waals surface area contributed by atoms with E-state index in [0.717, 1.165) is 66.4 Å². The van der Waals surface area contributed by atoms with Crippen molar-refractivity contribution in [1.82, 2.24) is 0 Å². The zero-order chi connectivity index (χ0) is 69.7. The number of hydrogen-bond donors (Lipinski definition) is 0. The molecule has 0 aromatic heterocycles. The molecule has 0 heterocycles. The van der Waals surface area contributed by atoms with Crippen LogP contribution >= 0.6 is 238 Å². The summed E-state index contributed by atoms with van der Waals surface area (Å²) in [5.41, 5.74) is 1.44. The fraction of sp³-hybridized carbons (Fsp3) is 0. The summed E-state index contributed by atoms with van der Waals surface area (Å²) >= 11 is 38.2. The Kier molecular flexibility index (Phi) is 29.8. The van der Waals surface area contributed by atoms with Gasteiger partial charge in [0.25, 0.3) is 0 Å². The highest BCUT2D eigenvalue weighted by molar-refractivity contribution is 14.1. The van der Waals surface area contributed by atoms with Gasteiger partial charge in [0.1, 0.15) is 11.6 Å². The van der Waals surface area contributed by atoms with E-state index in [-0.39, 0.29) is 45.4 Å². The van der Waals surface area contributed by atoms with Crippen molar-refractivity contribution in [1.29, 1.82) is 0 Å². The van der Waals surface area contributed by atoms with Gasteiger partial charge >= 0.3 is 17.9 Å². The van der Waals surface area contributed by atoms with Gasteiger partial charge in [-0.05, 0) is 446 Å². The number of ether oxygens (including phenoxy) is 3. The normalized spacial score (nSPS) is 11.2. The molecule has 12 rings (SSSR count). The molecule has 0 fully saturated rings. The van der Waals surface area contributed by atoms with Crippen LogP contribution in [0.2, 0.25) is 15.1 Å². The van der Waals surface area contributed by atoms with Crippen LogP contribution in [0.25, 0.3) is 0 Å². The molecule has 6 nitrogen and oxygen atoms in total. The topological polar surface area (TPSA) is 78.9 Å². The zero-order valence-electron chi connectivity index (χ0n) is 49.8. The molecule has 0 radical (unpaired) electrons. The molecule has 0 aliphatic carbocycles. The summed E-state index contributed by atoms with van der Waals surface area (Å²) in [5.74, 6) is -0.0846. The van der Waals surface area contributed by atoms with Crippen molar-refractivity contribution in [3.05, 3.63) is 336 Å². The molecule has 98 heavy (non-hydrogen) atoms. The van der Waals surface area contributed by atoms with Gasteiger partial charge in [-0.2, -0.15) is 0 Å². The van der Waals surface area contributed by atoms with Crippen LogP contribution in [0.3, 0.4) is 0 Å². The Morgan fingerprint density at radius 2 is 0.449 bits per heavy atom. The highest BCUT2D eigenvalue weighted by Crippen LogP contribution is 2.38. The molecule has 0 saturated carbocycles. The van der Waals surface area contributed by atoms with Crippen molar-refractivity contribution in [3.63, 3.8) is 0 Å². The Bertz CT molecular complexity index is 4450. The van der Waals surface area contributed by atoms with Crippen LogP contribution in [0.15, 0.2) is 305 Å². The molecule has 12 aromatic carbocycles. The maximum Gasteiger partial charge on any atom is 0.343 e. The molecular formula is C75H43Cl3F2I9O6S3+3. The maximum absolute atomic E-state index is 13.5. The minimum Gasteiger partial charge on any atom is -0.421 e. The third-order valence-corrected chi connectivity index (χ3v) is 27.8. The highest BCUT2D eigenvalue weighted by Gasteiger charge is 2.33. The molecule has 0 aliphatic heterocycles. The van der Waals surface area contributed by atoms with Gasteiger partial charge in [0.15, 0.2) is 61.3 Å². The smallest absolute Gasteiger partial charge is 0.343 e. The van der Waals surface area contributed by atoms with E-state index >= 15 is 0 Å². The lowest BCUT2D eigenvalue weighted by atomic mass is 10.2. The molecule has 12 aromatic rings. The van der Waals surface area contributed by atoms with Crippen molar-refractivity contribution in [2.45, 2.75) is 44.1 Å². The first-order valence-corrected chi connectivity index (χ1v) is 43.0. The number of carbonyl (C=O) groups is 3. The van der Waals surface area contributed by atoms with Crippen molar-refractivity contribution in [3.8, 4) is 17.2 Å². The lowest BCUT2D eigenvalue weighted by molar-refractivity contribution is 0.0722. The first-order chi connectivity index (χ1) is 47.0. The molecule has 0 bridgehead atoms. The van der Waals surface area contributed by atoms with Crippen LogP contribution < -0.4 is 14.2 Å². The number of esters is 3. The van der Waals surface area contributed by atoms with E-state index in [0.29, 0.717) is 49.0 Å². The van der Waals surface area contributed by atoms with Crippen LogP contribution in [0.5, 0.6) is 17.2 Å². The summed E-state index contributed by atoms with van der Waals surface area (Å²) in [7, 11) is -1.27. The molecule has 1 atom stereocenters. The van der Waals surface area contributed by atoms with Crippen LogP contribution in [-0.4, -0.2) is 17.9 Å². The summed E-state index contributed by atoms with van der Waals surface area (Å²) in [5, 5.41) is 2.09. The standard InChI is InChI=1S/C25H14Cl2I3O2S.C25H15ClI3O2S.C25H14F2I3O2S/c26-16-3-9-20(10-4-16)33(21-11-5-17(27)6-12-21)19-7-1-15(2-8-19)25(31)32-24-22(29)13-18(28)14-23(24)30;26-17-8-12-21(13-9-17)32(19-4-2-1-3-5-19)20-10-6-16(7-11-20)25(30)31-24-22(28)14-18(27)15-23(24)29;26-16-3-9-20(10-4-16)33(21-11-5-17(27)6-12-21)19-7-1-15(2-8-19)25(31)32-24-22(29)13-18(28)14-23(24)30/h1-14H;1-15H;1-14H/q3*+1. The average Bonchev–Trinajstić information content (AvgIpc) is 0.825. The van der Waals surface area contributed by atoms with E-state index < -0.39 is 16.9 Å². The molecule has 23 heteroatoms. The van der Waals surface area contributed by atoms with Gasteiger partial charge in [-0.15, -0.1) is 0 Å². The molecule has 0 amide bonds. The molecule has 0 spiro atoms. The third kappa shape index (κ3) is 21.3. The van der Waals surface area contributed by atoms with E-state index in [4.69, 9.17) is 49.0 Å². The first kappa shape index (κ1) is 78.0. The Hall–Kier alpha value is -2.60. The zero-order valence-corrected chi connectivity index (χ0v) is 73.9. The molecular weight excluding hydrogens is 2380 g/mol. The number of hydrogen-bond acceptors (Lipinski definition) is 6. The largest absolute Gasteiger partial charge is 0.421 e. The monoisotopic (exact) mass is 2420 g/mol. The Balaban J connectivity index is 0.000000159. The predicted molar refractivity (Wildman–Crippen MR) is 468 cm³/mol. The fourth-order valence-electron chi connectivity index (χ4n) is 9.15. The SMILES string of the molecule is O=C(Oc1c(I)cc(I)cc1I)c1ccc([S+](c2ccc(Cl)cc2)c2ccc(Cl)cc2)cc1.O=C(Oc1c(I)cc(I)cc1I)c1ccc([S+](c2ccc(F)cc2)c2ccc(F)cc2)cc1.O=C(Oc1c(I)cc(I)cc1I)c1ccc([S+](c2ccccc2)c2ccc(Cl)cc2)cc1. The minimum atomic E-state index is -0.589. The van der Waals surface area contributed by atoms with Crippen LogP contribution in [0.1, 0.15) is 31.1 Å². The van der Waals surface area contributed by atoms with Gasteiger partial charge in [0.05, 0.1) is 70.8 Å². The van der Waals surface area contributed by atoms with Crippen molar-refractivity contribution in [2.75, 3.05) is 0 Å². The van der Waals surface area contributed by atoms with E-state index in [1.54, 1.807) is 36.4 Å². The number of carbonyl (C=O) groups excluding carboxylic acids is 3. The summed E-state index contributed by atoms with van der Waals surface area (Å²) in [6, 6.07) is 80.8. The van der Waals surface area contributed by atoms with Gasteiger partial charge in [0.2, 0.25) is 0 Å². The molecule has 0 aliphatic rings. The Morgan fingerprint density at radius 1 is 0.265 bits per heavy atom. The van der Waals surface area contributed by atoms with Crippen molar-refractivity contribution in [2.24, 2.45) is 0 Å². The highest BCUT2D eigenvalue weighted by atomic mass is 127. The van der Waals surface area contributed by atoms with E-state index in [1.807, 2.05) is 176 Å². The second-order valence-electron chi connectivity index (χ2n) is 20.3. The lowest BCUT2D eigenvalue weighted by Gasteiger charge is -2.11. The molecule has 1 unspecified atom stereocenters. The quantitative estimate of drug-likeness (QED) is 0.0440. The lowest BCUT2D eigenvalue weighted by Crippen LogP contribution is -2.11. The Morgan fingerprint density at radius 3 is 0.663 bits per heavy atom. The second kappa shape index (κ2) is 37.4. The van der Waals surface area contributed by atoms with Gasteiger partial charge < -0.3 is 14.2 Å². The van der Waals surface area contributed by atoms with Gasteiger partial charge in [0, 0.05) is 25.8 Å². The fourth-order valence-corrected chi connectivity index (χ4v) is 27.1. The first-order valence-electron chi connectivity index (χ1n) is 28.5. The summed E-state index contributed by atoms with van der Waals surface area (Å²) < 4.78 is 52.8. The van der Waals surface area contributed by atoms with E-state index in [2.05, 4.69) is 228 Å². The second-order valence-corrected chi connectivity index (χ2v) is 38.4. The van der Waals surface area contributed by atoms with Crippen molar-refractivity contribution < 1.29 is 37.4 Å². The van der Waals surface area contributed by atoms with Gasteiger partial charge in [-0.25, -0.2) is 23.2 Å². The number of benzene rings is 12. The average molecular weight is 2420 g/mol. The van der Waals surface area contributed by atoms with Crippen LogP contribution in [-0.2, 0) is 32.7 Å². The third-order valence-electron chi connectivity index (χ3n) is 13.7. The molecule has 492 valence electrons. The van der Waals surface area contributed by atoms with E-state index in [1.165, 1.54) is 34.1 Å². The van der Waals surface area contributed by atoms with Crippen molar-refractivity contribution >= 4 is 289 Å². The van der Waals surface area contributed by atoms with Crippen LogP contribution in [0, 0.1) is 43.8 Å². The summed E-state index contributed by atoms with van der Waals surface area (Å²) in [6.45, 7) is 0. The summed E-state index contributed by atoms with van der Waals surface area (Å²) in [6.07, 6.45) is 0. The van der Waals surface area contributed by atoms with Gasteiger partial charge in [-0.1, -0.05) is 53.0 Å². The van der Waals surface area contributed by atoms with E-state index in [9.17, 15) is 23.2 Å². The molecule has 0 N–H and O–H groups in total. The predicted octanol–water partition coefficient (Wildman–Crippen LogP) is 25.7. The molecule has 0 saturated heterocycles.